The third-order valence-corrected chi connectivity index (χ3v) is 10.3. The van der Waals surface area contributed by atoms with Crippen LogP contribution < -0.4 is 15.3 Å². The number of carbonyl (C=O) groups excluding carboxylic acids is 2. The van der Waals surface area contributed by atoms with E-state index in [9.17, 15) is 24.1 Å². The third-order valence-electron chi connectivity index (χ3n) is 9.85. The van der Waals surface area contributed by atoms with E-state index in [0.29, 0.717) is 25.9 Å². The molecule has 0 aromatic heterocycles. The van der Waals surface area contributed by atoms with E-state index in [2.05, 4.69) is 22.2 Å². The number of phosphoric acid groups is 1. The summed E-state index contributed by atoms with van der Waals surface area (Å²) in [6, 6.07) is 14.9. The number of rotatable bonds is 31. The molecule has 0 saturated heterocycles. The SMILES string of the molecule is CCCCCCCCCCCCCCCCNN(C(=O)CCc1ccc(OP(=O)(O)O)cc1)C(C)C(=O)C(CC)(NCCCc1ccccc1)C(=O)O. The molecule has 2 rings (SSSR count). The van der Waals surface area contributed by atoms with Crippen molar-refractivity contribution in [1.82, 2.24) is 15.8 Å². The van der Waals surface area contributed by atoms with Crippen molar-refractivity contribution in [2.45, 2.75) is 154 Å². The molecule has 0 fully saturated rings. The summed E-state index contributed by atoms with van der Waals surface area (Å²) in [6.45, 7) is 6.26. The van der Waals surface area contributed by atoms with Crippen LogP contribution in [0.5, 0.6) is 5.75 Å². The molecule has 2 aromatic rings. The highest BCUT2D eigenvalue weighted by atomic mass is 31.2. The molecular formula is C41H66N3O8P. The maximum absolute atomic E-state index is 14.1. The number of carbonyl (C=O) groups is 3. The quantitative estimate of drug-likeness (QED) is 0.0218. The second-order valence-corrected chi connectivity index (χ2v) is 15.3. The number of benzene rings is 2. The number of carboxylic acid groups (broad SMARTS) is 1. The van der Waals surface area contributed by atoms with Crippen molar-refractivity contribution >= 4 is 25.5 Å². The van der Waals surface area contributed by atoms with Crippen molar-refractivity contribution < 1.29 is 38.4 Å². The zero-order valence-electron chi connectivity index (χ0n) is 32.4. The minimum Gasteiger partial charge on any atom is -0.480 e. The highest BCUT2D eigenvalue weighted by molar-refractivity contribution is 7.46. The monoisotopic (exact) mass is 759 g/mol. The van der Waals surface area contributed by atoms with E-state index in [1.54, 1.807) is 26.0 Å². The van der Waals surface area contributed by atoms with Gasteiger partial charge in [0.1, 0.15) is 11.8 Å². The molecule has 298 valence electrons. The van der Waals surface area contributed by atoms with Gasteiger partial charge in [0, 0.05) is 13.0 Å². The lowest BCUT2D eigenvalue weighted by molar-refractivity contribution is -0.155. The molecule has 12 heteroatoms. The lowest BCUT2D eigenvalue weighted by Gasteiger charge is -2.36. The number of ketones is 1. The number of hydrogen-bond donors (Lipinski definition) is 5. The van der Waals surface area contributed by atoms with E-state index in [4.69, 9.17) is 9.79 Å². The molecule has 1 amide bonds. The van der Waals surface area contributed by atoms with Gasteiger partial charge >= 0.3 is 13.8 Å². The normalized spacial score (nSPS) is 13.3. The fourth-order valence-corrected chi connectivity index (χ4v) is 7.01. The Morgan fingerprint density at radius 1 is 0.736 bits per heavy atom. The Hall–Kier alpha value is -3.08. The second kappa shape index (κ2) is 25.9. The van der Waals surface area contributed by atoms with Crippen molar-refractivity contribution in [3.8, 4) is 5.75 Å². The topological polar surface area (TPSA) is 166 Å². The smallest absolute Gasteiger partial charge is 0.480 e. The summed E-state index contributed by atoms with van der Waals surface area (Å²) in [5.41, 5.74) is 3.17. The Balaban J connectivity index is 1.98. The van der Waals surface area contributed by atoms with Gasteiger partial charge in [-0.05, 0) is 68.8 Å². The van der Waals surface area contributed by atoms with Crippen LogP contribution in [-0.2, 0) is 31.8 Å². The van der Waals surface area contributed by atoms with E-state index in [0.717, 1.165) is 36.8 Å². The number of nitrogens with one attached hydrogen (secondary N) is 2. The second-order valence-electron chi connectivity index (χ2n) is 14.1. The van der Waals surface area contributed by atoms with Crippen molar-refractivity contribution in [2.75, 3.05) is 13.1 Å². The fourth-order valence-electron chi connectivity index (χ4n) is 6.62. The molecule has 2 atom stereocenters. The highest BCUT2D eigenvalue weighted by Gasteiger charge is 2.47. The minimum atomic E-state index is -4.69. The number of hydrazine groups is 1. The summed E-state index contributed by atoms with van der Waals surface area (Å²) in [6.07, 6.45) is 18.9. The van der Waals surface area contributed by atoms with Gasteiger partial charge in [-0.15, -0.1) is 0 Å². The van der Waals surface area contributed by atoms with Crippen LogP contribution >= 0.6 is 7.82 Å². The number of aryl methyl sites for hydroxylation is 2. The lowest BCUT2D eigenvalue weighted by Crippen LogP contribution is -2.65. The number of phosphoric ester groups is 1. The minimum absolute atomic E-state index is 0.00457. The van der Waals surface area contributed by atoms with Crippen LogP contribution in [-0.4, -0.2) is 62.2 Å². The van der Waals surface area contributed by atoms with E-state index < -0.39 is 31.2 Å². The maximum atomic E-state index is 14.1. The fraction of sp³-hybridized carbons (Fsp3) is 0.634. The molecule has 53 heavy (non-hydrogen) atoms. The standard InChI is InChI=1S/C41H66N3O8P/c1-4-6-7-8-9-10-11-12-13-14-15-16-17-21-33-43-44(38(45)31-28-36-26-29-37(30-27-36)52-53(49,50)51)34(3)39(46)41(5-2,40(47)48)42-32-22-25-35-23-19-18-20-24-35/h18-20,23-24,26-27,29-30,34,42-43H,4-17,21-22,25,28,31-33H2,1-3H3,(H,47,48)(H2,49,50,51). The number of hydrogen-bond acceptors (Lipinski definition) is 7. The van der Waals surface area contributed by atoms with Gasteiger partial charge in [-0.2, -0.15) is 0 Å². The van der Waals surface area contributed by atoms with E-state index >= 15 is 0 Å². The molecule has 0 saturated carbocycles. The third kappa shape index (κ3) is 18.2. The van der Waals surface area contributed by atoms with Gasteiger partial charge < -0.3 is 9.63 Å². The first kappa shape index (κ1) is 46.1. The molecule has 0 aliphatic heterocycles. The van der Waals surface area contributed by atoms with Crippen LogP contribution in [0.3, 0.4) is 0 Å². The zero-order valence-corrected chi connectivity index (χ0v) is 33.3. The van der Waals surface area contributed by atoms with Crippen LogP contribution in [0.4, 0.5) is 0 Å². The number of amides is 1. The average molecular weight is 760 g/mol. The number of carboxylic acids is 1. The summed E-state index contributed by atoms with van der Waals surface area (Å²) in [7, 11) is -4.69. The largest absolute Gasteiger partial charge is 0.524 e. The summed E-state index contributed by atoms with van der Waals surface area (Å²) >= 11 is 0. The molecule has 2 aromatic carbocycles. The summed E-state index contributed by atoms with van der Waals surface area (Å²) in [5.74, 6) is -2.21. The number of unbranched alkanes of at least 4 members (excludes halogenated alkanes) is 13. The molecule has 0 aliphatic rings. The Kier molecular flexibility index (Phi) is 22.5. The molecule has 0 radical (unpaired) electrons. The van der Waals surface area contributed by atoms with Gasteiger partial charge in [0.25, 0.3) is 0 Å². The molecule has 0 bridgehead atoms. The molecule has 0 heterocycles. The first-order chi connectivity index (χ1) is 25.4. The molecule has 5 N–H and O–H groups in total. The number of nitrogens with zero attached hydrogens (tertiary/aromatic N) is 1. The van der Waals surface area contributed by atoms with E-state index in [1.165, 1.54) is 87.8 Å². The Labute approximate surface area is 317 Å². The van der Waals surface area contributed by atoms with Crippen molar-refractivity contribution in [1.29, 1.82) is 0 Å². The lowest BCUT2D eigenvalue weighted by atomic mass is 9.86. The van der Waals surface area contributed by atoms with Gasteiger partial charge in [-0.1, -0.05) is 140 Å². The maximum Gasteiger partial charge on any atom is 0.524 e. The molecule has 0 spiro atoms. The van der Waals surface area contributed by atoms with Crippen LogP contribution in [0.15, 0.2) is 54.6 Å². The molecule has 2 unspecified atom stereocenters. The summed E-state index contributed by atoms with van der Waals surface area (Å²) in [5, 5.41) is 14.7. The van der Waals surface area contributed by atoms with Crippen molar-refractivity contribution in [3.05, 3.63) is 65.7 Å². The molecular weight excluding hydrogens is 693 g/mol. The number of aliphatic carboxylic acids is 1. The van der Waals surface area contributed by atoms with E-state index in [-0.39, 0.29) is 24.5 Å². The average Bonchev–Trinajstić information content (AvgIpc) is 3.13. The highest BCUT2D eigenvalue weighted by Crippen LogP contribution is 2.37. The van der Waals surface area contributed by atoms with E-state index in [1.807, 2.05) is 30.3 Å². The molecule has 0 aliphatic carbocycles. The van der Waals surface area contributed by atoms with Crippen LogP contribution in [0.1, 0.15) is 141 Å². The van der Waals surface area contributed by atoms with Gasteiger partial charge in [0.15, 0.2) is 11.3 Å². The van der Waals surface area contributed by atoms with Gasteiger partial charge in [0.2, 0.25) is 5.91 Å². The van der Waals surface area contributed by atoms with Gasteiger partial charge in [-0.25, -0.2) is 14.8 Å². The van der Waals surface area contributed by atoms with Crippen LogP contribution in [0.25, 0.3) is 0 Å². The zero-order chi connectivity index (χ0) is 39.0. The van der Waals surface area contributed by atoms with Crippen molar-refractivity contribution in [2.24, 2.45) is 0 Å². The van der Waals surface area contributed by atoms with Crippen LogP contribution in [0, 0.1) is 0 Å². The summed E-state index contributed by atoms with van der Waals surface area (Å²) < 4.78 is 15.8. The van der Waals surface area contributed by atoms with Gasteiger partial charge in [0.05, 0.1) is 0 Å². The predicted molar refractivity (Wildman–Crippen MR) is 210 cm³/mol. The van der Waals surface area contributed by atoms with Gasteiger partial charge in [-0.3, -0.25) is 29.7 Å². The first-order valence-electron chi connectivity index (χ1n) is 19.9. The Bertz CT molecular complexity index is 1370. The Morgan fingerprint density at radius 3 is 1.77 bits per heavy atom. The summed E-state index contributed by atoms with van der Waals surface area (Å²) in [4.78, 5) is 58.6. The predicted octanol–water partition coefficient (Wildman–Crippen LogP) is 8.32. The van der Waals surface area contributed by atoms with Crippen molar-refractivity contribution in [3.63, 3.8) is 0 Å². The Morgan fingerprint density at radius 2 is 1.26 bits per heavy atom. The van der Waals surface area contributed by atoms with Crippen LogP contribution in [0.2, 0.25) is 0 Å². The first-order valence-corrected chi connectivity index (χ1v) is 21.4. The molecule has 11 nitrogen and oxygen atoms in total. The number of Topliss-reactive ketones (excluding diaryl/α,β-unsaturated/α-hetero) is 1.